The molecule has 15 heavy (non-hydrogen) atoms. The standard InChI is InChI=1S/C12H14O2S/c1-10(2)9-11(3)15(13,14)12-7-5-4-6-8-12/h4-9H,1H2,2-3H3. The number of hydrogen-bond donors (Lipinski definition) is 0. The molecular formula is C12H14O2S. The largest absolute Gasteiger partial charge is 0.219 e. The SMILES string of the molecule is C=C(C)C=C(C)S(=O)(=O)c1ccccc1. The van der Waals surface area contributed by atoms with Crippen LogP contribution in [-0.4, -0.2) is 8.42 Å². The van der Waals surface area contributed by atoms with Crippen LogP contribution < -0.4 is 0 Å². The third kappa shape index (κ3) is 2.80. The first kappa shape index (κ1) is 11.7. The van der Waals surface area contributed by atoms with Crippen LogP contribution >= 0.6 is 0 Å². The molecule has 0 bridgehead atoms. The third-order valence-electron chi connectivity index (χ3n) is 1.93. The molecule has 0 amide bonds. The van der Waals surface area contributed by atoms with Crippen molar-refractivity contribution in [1.82, 2.24) is 0 Å². The summed E-state index contributed by atoms with van der Waals surface area (Å²) in [4.78, 5) is 0.640. The first-order chi connectivity index (χ1) is 6.94. The minimum absolute atomic E-state index is 0.319. The zero-order valence-corrected chi connectivity index (χ0v) is 9.71. The van der Waals surface area contributed by atoms with E-state index in [1.54, 1.807) is 50.3 Å². The summed E-state index contributed by atoms with van der Waals surface area (Å²) >= 11 is 0. The van der Waals surface area contributed by atoms with E-state index in [2.05, 4.69) is 6.58 Å². The average molecular weight is 222 g/mol. The molecule has 1 rings (SSSR count). The van der Waals surface area contributed by atoms with E-state index < -0.39 is 9.84 Å². The van der Waals surface area contributed by atoms with E-state index in [-0.39, 0.29) is 0 Å². The Balaban J connectivity index is 3.21. The van der Waals surface area contributed by atoms with Crippen LogP contribution in [-0.2, 0) is 9.84 Å². The number of rotatable bonds is 3. The fourth-order valence-corrected chi connectivity index (χ4v) is 2.45. The van der Waals surface area contributed by atoms with Gasteiger partial charge in [-0.2, -0.15) is 0 Å². The normalized spacial score (nSPS) is 12.5. The number of hydrogen-bond acceptors (Lipinski definition) is 2. The van der Waals surface area contributed by atoms with Gasteiger partial charge in [-0.25, -0.2) is 8.42 Å². The molecule has 0 atom stereocenters. The van der Waals surface area contributed by atoms with E-state index in [9.17, 15) is 8.42 Å². The lowest BCUT2D eigenvalue weighted by atomic mass is 10.3. The van der Waals surface area contributed by atoms with Gasteiger partial charge in [-0.3, -0.25) is 0 Å². The lowest BCUT2D eigenvalue weighted by molar-refractivity contribution is 0.602. The van der Waals surface area contributed by atoms with Gasteiger partial charge in [-0.15, -0.1) is 0 Å². The van der Waals surface area contributed by atoms with E-state index in [1.165, 1.54) is 0 Å². The van der Waals surface area contributed by atoms with Crippen LogP contribution in [0.4, 0.5) is 0 Å². The topological polar surface area (TPSA) is 34.1 Å². The second kappa shape index (κ2) is 4.45. The predicted molar refractivity (Wildman–Crippen MR) is 62.2 cm³/mol. The first-order valence-electron chi connectivity index (χ1n) is 4.58. The first-order valence-corrected chi connectivity index (χ1v) is 6.07. The molecule has 0 saturated carbocycles. The van der Waals surface area contributed by atoms with E-state index in [4.69, 9.17) is 0 Å². The van der Waals surface area contributed by atoms with Gasteiger partial charge in [0.25, 0.3) is 0 Å². The molecule has 0 heterocycles. The molecule has 0 aromatic heterocycles. The average Bonchev–Trinajstić information content (AvgIpc) is 2.18. The van der Waals surface area contributed by atoms with Crippen molar-refractivity contribution in [2.45, 2.75) is 18.7 Å². The van der Waals surface area contributed by atoms with Gasteiger partial charge in [0.15, 0.2) is 0 Å². The Kier molecular flexibility index (Phi) is 3.48. The highest BCUT2D eigenvalue weighted by atomic mass is 32.2. The molecule has 1 aromatic carbocycles. The molecule has 0 aliphatic heterocycles. The van der Waals surface area contributed by atoms with Crippen molar-refractivity contribution in [3.05, 3.63) is 53.5 Å². The van der Waals surface area contributed by atoms with Crippen LogP contribution in [0, 0.1) is 0 Å². The number of allylic oxidation sites excluding steroid dienone is 3. The highest BCUT2D eigenvalue weighted by Crippen LogP contribution is 2.19. The molecule has 0 spiro atoms. The summed E-state index contributed by atoms with van der Waals surface area (Å²) in [6, 6.07) is 8.38. The zero-order valence-electron chi connectivity index (χ0n) is 8.90. The molecule has 0 N–H and O–H groups in total. The van der Waals surface area contributed by atoms with E-state index in [1.807, 2.05) is 0 Å². The van der Waals surface area contributed by atoms with Crippen molar-refractivity contribution in [3.63, 3.8) is 0 Å². The minimum atomic E-state index is -3.33. The summed E-state index contributed by atoms with van der Waals surface area (Å²) in [5.74, 6) is 0. The van der Waals surface area contributed by atoms with Gasteiger partial charge in [0.2, 0.25) is 9.84 Å². The molecule has 0 aliphatic rings. The molecule has 0 unspecified atom stereocenters. The van der Waals surface area contributed by atoms with Gasteiger partial charge in [0.05, 0.1) is 4.90 Å². The maximum absolute atomic E-state index is 12.0. The van der Waals surface area contributed by atoms with Gasteiger partial charge >= 0.3 is 0 Å². The molecule has 0 aliphatic carbocycles. The van der Waals surface area contributed by atoms with Gasteiger partial charge in [0.1, 0.15) is 0 Å². The lowest BCUT2D eigenvalue weighted by Crippen LogP contribution is -2.02. The van der Waals surface area contributed by atoms with Gasteiger partial charge in [-0.1, -0.05) is 30.4 Å². The molecule has 0 saturated heterocycles. The number of sulfone groups is 1. The van der Waals surface area contributed by atoms with Crippen molar-refractivity contribution in [2.24, 2.45) is 0 Å². The van der Waals surface area contributed by atoms with E-state index in [0.717, 1.165) is 5.57 Å². The van der Waals surface area contributed by atoms with Crippen LogP contribution in [0.5, 0.6) is 0 Å². The molecule has 3 heteroatoms. The van der Waals surface area contributed by atoms with Gasteiger partial charge < -0.3 is 0 Å². The van der Waals surface area contributed by atoms with Crippen LogP contribution in [0.25, 0.3) is 0 Å². The molecule has 0 fully saturated rings. The predicted octanol–water partition coefficient (Wildman–Crippen LogP) is 2.94. The van der Waals surface area contributed by atoms with Crippen LogP contribution in [0.2, 0.25) is 0 Å². The maximum atomic E-state index is 12.0. The Morgan fingerprint density at radius 2 is 1.73 bits per heavy atom. The van der Waals surface area contributed by atoms with Crippen molar-refractivity contribution in [2.75, 3.05) is 0 Å². The quantitative estimate of drug-likeness (QED) is 0.737. The van der Waals surface area contributed by atoms with Crippen molar-refractivity contribution >= 4 is 9.84 Å². The van der Waals surface area contributed by atoms with Gasteiger partial charge in [0, 0.05) is 4.91 Å². The van der Waals surface area contributed by atoms with Crippen LogP contribution in [0.3, 0.4) is 0 Å². The Morgan fingerprint density at radius 3 is 2.20 bits per heavy atom. The van der Waals surface area contributed by atoms with E-state index >= 15 is 0 Å². The fourth-order valence-electron chi connectivity index (χ4n) is 1.21. The summed E-state index contributed by atoms with van der Waals surface area (Å²) in [5.41, 5.74) is 0.729. The smallest absolute Gasteiger partial charge is 0.202 e. The van der Waals surface area contributed by atoms with E-state index in [0.29, 0.717) is 9.80 Å². The van der Waals surface area contributed by atoms with Crippen molar-refractivity contribution in [1.29, 1.82) is 0 Å². The summed E-state index contributed by atoms with van der Waals surface area (Å²) in [6.45, 7) is 7.01. The zero-order chi connectivity index (χ0) is 11.5. The molecule has 1 aromatic rings. The third-order valence-corrected chi connectivity index (χ3v) is 3.79. The highest BCUT2D eigenvalue weighted by Gasteiger charge is 2.15. The minimum Gasteiger partial charge on any atom is -0.219 e. The lowest BCUT2D eigenvalue weighted by Gasteiger charge is -2.04. The molecule has 0 radical (unpaired) electrons. The second-order valence-electron chi connectivity index (χ2n) is 3.42. The Labute approximate surface area is 90.9 Å². The maximum Gasteiger partial charge on any atom is 0.202 e. The molecular weight excluding hydrogens is 208 g/mol. The number of benzene rings is 1. The van der Waals surface area contributed by atoms with Gasteiger partial charge in [-0.05, 0) is 32.1 Å². The monoisotopic (exact) mass is 222 g/mol. The summed E-state index contributed by atoms with van der Waals surface area (Å²) < 4.78 is 23.9. The molecule has 2 nitrogen and oxygen atoms in total. The fraction of sp³-hybridized carbons (Fsp3) is 0.167. The Morgan fingerprint density at radius 1 is 1.20 bits per heavy atom. The van der Waals surface area contributed by atoms with Crippen molar-refractivity contribution < 1.29 is 8.42 Å². The molecule has 80 valence electrons. The van der Waals surface area contributed by atoms with Crippen molar-refractivity contribution in [3.8, 4) is 0 Å². The summed E-state index contributed by atoms with van der Waals surface area (Å²) in [6.07, 6.45) is 1.57. The summed E-state index contributed by atoms with van der Waals surface area (Å²) in [7, 11) is -3.33. The Hall–Kier alpha value is -1.35. The van der Waals surface area contributed by atoms with Crippen LogP contribution in [0.1, 0.15) is 13.8 Å². The Bertz CT molecular complexity index is 482. The highest BCUT2D eigenvalue weighted by molar-refractivity contribution is 7.95. The second-order valence-corrected chi connectivity index (χ2v) is 5.54. The summed E-state index contributed by atoms with van der Waals surface area (Å²) in [5, 5.41) is 0. The van der Waals surface area contributed by atoms with Crippen LogP contribution in [0.15, 0.2) is 58.4 Å².